The molecule has 1 amide bonds. The Bertz CT molecular complexity index is 995. The fraction of sp³-hybridized carbons (Fsp3) is 0.333. The maximum atomic E-state index is 12.9. The molecule has 0 aliphatic carbocycles. The number of hydrogen-bond donors (Lipinski definition) is 1. The van der Waals surface area contributed by atoms with Crippen LogP contribution in [0.5, 0.6) is 0 Å². The number of aryl methyl sites for hydroxylation is 4. The molecule has 0 fully saturated rings. The van der Waals surface area contributed by atoms with Gasteiger partial charge < -0.3 is 9.30 Å². The zero-order chi connectivity index (χ0) is 19.7. The number of nitrogens with zero attached hydrogens (tertiary/aromatic N) is 4. The summed E-state index contributed by atoms with van der Waals surface area (Å²) in [5.74, 6) is -0.102. The lowest BCUT2D eigenvalue weighted by Crippen LogP contribution is -2.16. The molecule has 3 aromatic rings. The molecule has 142 valence electrons. The van der Waals surface area contributed by atoms with Crippen molar-refractivity contribution in [3.63, 3.8) is 0 Å². The lowest BCUT2D eigenvalue weighted by molar-refractivity contribution is 0.0531. The summed E-state index contributed by atoms with van der Waals surface area (Å²) in [6, 6.07) is 3.97. The van der Waals surface area contributed by atoms with Crippen molar-refractivity contribution in [2.75, 3.05) is 11.9 Å². The molecule has 3 rings (SSSR count). The highest BCUT2D eigenvalue weighted by Gasteiger charge is 2.22. The predicted octanol–water partition coefficient (Wildman–Crippen LogP) is 3.02. The Hall–Kier alpha value is -2.94. The summed E-state index contributed by atoms with van der Waals surface area (Å²) in [7, 11) is 1.79. The Balaban J connectivity index is 1.91. The third-order valence-corrected chi connectivity index (χ3v) is 5.17. The van der Waals surface area contributed by atoms with Crippen molar-refractivity contribution in [3.05, 3.63) is 45.9 Å². The number of carbonyl (C=O) groups is 2. The Labute approximate surface area is 160 Å². The molecule has 27 heavy (non-hydrogen) atoms. The third kappa shape index (κ3) is 3.50. The van der Waals surface area contributed by atoms with Crippen molar-refractivity contribution in [1.29, 1.82) is 0 Å². The van der Waals surface area contributed by atoms with Crippen LogP contribution in [0.4, 0.5) is 5.13 Å². The first-order valence-corrected chi connectivity index (χ1v) is 9.28. The van der Waals surface area contributed by atoms with Gasteiger partial charge in [0.05, 0.1) is 18.5 Å². The van der Waals surface area contributed by atoms with Gasteiger partial charge in [-0.1, -0.05) is 11.3 Å². The van der Waals surface area contributed by atoms with E-state index in [0.29, 0.717) is 27.1 Å². The molecule has 9 heteroatoms. The van der Waals surface area contributed by atoms with Crippen molar-refractivity contribution < 1.29 is 14.3 Å². The Morgan fingerprint density at radius 2 is 1.89 bits per heavy atom. The van der Waals surface area contributed by atoms with Crippen molar-refractivity contribution >= 4 is 28.3 Å². The van der Waals surface area contributed by atoms with Crippen LogP contribution < -0.4 is 5.32 Å². The molecule has 0 aliphatic heterocycles. The van der Waals surface area contributed by atoms with Gasteiger partial charge in [-0.05, 0) is 39.8 Å². The predicted molar refractivity (Wildman–Crippen MR) is 103 cm³/mol. The summed E-state index contributed by atoms with van der Waals surface area (Å²) in [4.78, 5) is 29.4. The number of carbonyl (C=O) groups excluding carboxylic acids is 2. The van der Waals surface area contributed by atoms with E-state index in [-0.39, 0.29) is 12.5 Å². The summed E-state index contributed by atoms with van der Waals surface area (Å²) < 4.78 is 8.64. The summed E-state index contributed by atoms with van der Waals surface area (Å²) in [6.45, 7) is 7.67. The van der Waals surface area contributed by atoms with Gasteiger partial charge in [-0.15, -0.1) is 0 Å². The highest BCUT2D eigenvalue weighted by atomic mass is 32.1. The summed E-state index contributed by atoms with van der Waals surface area (Å²) >= 11 is 1.10. The Kier molecular flexibility index (Phi) is 5.13. The van der Waals surface area contributed by atoms with E-state index in [1.54, 1.807) is 25.6 Å². The zero-order valence-electron chi connectivity index (χ0n) is 15.9. The van der Waals surface area contributed by atoms with Crippen LogP contribution in [-0.4, -0.2) is 37.8 Å². The molecule has 0 bridgehead atoms. The van der Waals surface area contributed by atoms with Crippen LogP contribution in [0.3, 0.4) is 0 Å². The molecule has 0 saturated carbocycles. The number of anilines is 1. The van der Waals surface area contributed by atoms with Gasteiger partial charge in [-0.25, -0.2) is 9.78 Å². The number of amides is 1. The molecule has 0 aromatic carbocycles. The second-order valence-electron chi connectivity index (χ2n) is 6.07. The number of esters is 1. The largest absolute Gasteiger partial charge is 0.462 e. The normalized spacial score (nSPS) is 10.9. The molecule has 0 atom stereocenters. The molecule has 3 aromatic heterocycles. The minimum absolute atomic E-state index is 0.284. The summed E-state index contributed by atoms with van der Waals surface area (Å²) in [5.41, 5.74) is 2.95. The molecule has 0 spiro atoms. The second-order valence-corrected chi connectivity index (χ2v) is 7.06. The number of aromatic nitrogens is 4. The first kappa shape index (κ1) is 18.8. The first-order valence-electron chi connectivity index (χ1n) is 8.46. The van der Waals surface area contributed by atoms with E-state index in [1.165, 1.54) is 6.20 Å². The van der Waals surface area contributed by atoms with E-state index in [1.807, 2.05) is 30.5 Å². The van der Waals surface area contributed by atoms with Crippen LogP contribution in [0, 0.1) is 20.8 Å². The molecule has 0 aliphatic rings. The highest BCUT2D eigenvalue weighted by Crippen LogP contribution is 2.25. The zero-order valence-corrected chi connectivity index (χ0v) is 16.7. The smallest absolute Gasteiger partial charge is 0.350 e. The third-order valence-electron chi connectivity index (χ3n) is 4.11. The number of ether oxygens (including phenoxy) is 1. The monoisotopic (exact) mass is 387 g/mol. The fourth-order valence-corrected chi connectivity index (χ4v) is 3.71. The van der Waals surface area contributed by atoms with Gasteiger partial charge in [-0.2, -0.15) is 5.10 Å². The molecular weight excluding hydrogens is 366 g/mol. The van der Waals surface area contributed by atoms with Crippen molar-refractivity contribution in [2.45, 2.75) is 27.7 Å². The van der Waals surface area contributed by atoms with Gasteiger partial charge in [-0.3, -0.25) is 14.8 Å². The lowest BCUT2D eigenvalue weighted by atomic mass is 10.3. The SMILES string of the molecule is CCOC(=O)c1sc(NC(=O)c2cnn(C)c2-n2c(C)ccc2C)nc1C. The quantitative estimate of drug-likeness (QED) is 0.680. The van der Waals surface area contributed by atoms with Gasteiger partial charge in [0.1, 0.15) is 16.3 Å². The Morgan fingerprint density at radius 3 is 2.52 bits per heavy atom. The first-order chi connectivity index (χ1) is 12.8. The van der Waals surface area contributed by atoms with Gasteiger partial charge >= 0.3 is 5.97 Å². The number of rotatable bonds is 5. The van der Waals surface area contributed by atoms with E-state index in [4.69, 9.17) is 4.74 Å². The van der Waals surface area contributed by atoms with Crippen molar-refractivity contribution in [2.24, 2.45) is 7.05 Å². The maximum Gasteiger partial charge on any atom is 0.350 e. The van der Waals surface area contributed by atoms with Crippen molar-refractivity contribution in [3.8, 4) is 5.82 Å². The average Bonchev–Trinajstić information content (AvgIpc) is 3.26. The van der Waals surface area contributed by atoms with Crippen LogP contribution in [0.1, 0.15) is 44.0 Å². The molecule has 0 radical (unpaired) electrons. The van der Waals surface area contributed by atoms with E-state index >= 15 is 0 Å². The standard InChI is InChI=1S/C18H21N5O3S/c1-6-26-17(25)14-12(4)20-18(27-14)21-15(24)13-9-19-22(5)16(13)23-10(2)7-8-11(23)3/h7-9H,6H2,1-5H3,(H,20,21,24). The number of hydrogen-bond acceptors (Lipinski definition) is 6. The van der Waals surface area contributed by atoms with E-state index in [9.17, 15) is 9.59 Å². The van der Waals surface area contributed by atoms with Gasteiger partial charge in [0.15, 0.2) is 5.13 Å². The fourth-order valence-electron chi connectivity index (χ4n) is 2.86. The highest BCUT2D eigenvalue weighted by molar-refractivity contribution is 7.17. The Morgan fingerprint density at radius 1 is 1.22 bits per heavy atom. The molecule has 8 nitrogen and oxygen atoms in total. The van der Waals surface area contributed by atoms with E-state index < -0.39 is 5.97 Å². The number of nitrogens with one attached hydrogen (secondary N) is 1. The lowest BCUT2D eigenvalue weighted by Gasteiger charge is -2.12. The van der Waals surface area contributed by atoms with Crippen LogP contribution in [0.2, 0.25) is 0 Å². The molecule has 0 unspecified atom stereocenters. The summed E-state index contributed by atoms with van der Waals surface area (Å²) in [6.07, 6.45) is 1.52. The summed E-state index contributed by atoms with van der Waals surface area (Å²) in [5, 5.41) is 7.35. The number of thiazole rings is 1. The molecular formula is C18H21N5O3S. The van der Waals surface area contributed by atoms with Crippen LogP contribution in [0.25, 0.3) is 5.82 Å². The second kappa shape index (κ2) is 7.36. The minimum Gasteiger partial charge on any atom is -0.462 e. The van der Waals surface area contributed by atoms with E-state index in [2.05, 4.69) is 15.4 Å². The van der Waals surface area contributed by atoms with Gasteiger partial charge in [0.2, 0.25) is 0 Å². The maximum absolute atomic E-state index is 12.9. The van der Waals surface area contributed by atoms with Gasteiger partial charge in [0.25, 0.3) is 5.91 Å². The van der Waals surface area contributed by atoms with Crippen LogP contribution >= 0.6 is 11.3 Å². The van der Waals surface area contributed by atoms with Crippen molar-refractivity contribution in [1.82, 2.24) is 19.3 Å². The topological polar surface area (TPSA) is 91.0 Å². The van der Waals surface area contributed by atoms with E-state index in [0.717, 1.165) is 22.7 Å². The molecule has 1 N–H and O–H groups in total. The molecule has 3 heterocycles. The van der Waals surface area contributed by atoms with Crippen LogP contribution in [0.15, 0.2) is 18.3 Å². The minimum atomic E-state index is -0.436. The molecule has 0 saturated heterocycles. The van der Waals surface area contributed by atoms with Crippen LogP contribution in [-0.2, 0) is 11.8 Å². The van der Waals surface area contributed by atoms with Gasteiger partial charge in [0, 0.05) is 18.4 Å². The average molecular weight is 387 g/mol.